The van der Waals surface area contributed by atoms with Gasteiger partial charge in [0.05, 0.1) is 19.1 Å². The summed E-state index contributed by atoms with van der Waals surface area (Å²) in [4.78, 5) is 36.5. The fourth-order valence-corrected chi connectivity index (χ4v) is 2.65. The molecule has 1 atom stereocenters. The van der Waals surface area contributed by atoms with Crippen molar-refractivity contribution in [3.05, 3.63) is 35.4 Å². The van der Waals surface area contributed by atoms with Crippen LogP contribution in [0.4, 0.5) is 0 Å². The Morgan fingerprint density at radius 1 is 1.08 bits per heavy atom. The number of likely N-dealkylation sites (N-methyl/N-ethyl adjacent to an activating group) is 1. The highest BCUT2D eigenvalue weighted by Crippen LogP contribution is 2.29. The lowest BCUT2D eigenvalue weighted by atomic mass is 9.91. The summed E-state index contributed by atoms with van der Waals surface area (Å²) in [6.45, 7) is 7.27. The zero-order chi connectivity index (χ0) is 18.3. The first-order valence-electron chi connectivity index (χ1n) is 8.06. The molecule has 0 aliphatic carbocycles. The van der Waals surface area contributed by atoms with Gasteiger partial charge in [0.25, 0.3) is 0 Å². The molecule has 0 bridgehead atoms. The summed E-state index contributed by atoms with van der Waals surface area (Å²) in [7, 11) is 1.75. The van der Waals surface area contributed by atoms with Gasteiger partial charge in [0.2, 0.25) is 17.7 Å². The van der Waals surface area contributed by atoms with Crippen LogP contribution in [0.5, 0.6) is 0 Å². The number of carbonyl (C=O) groups excluding carboxylic acids is 3. The molecule has 0 fully saturated rings. The van der Waals surface area contributed by atoms with Gasteiger partial charge in [0.15, 0.2) is 0 Å². The second kappa shape index (κ2) is 9.05. The monoisotopic (exact) mass is 333 g/mol. The summed E-state index contributed by atoms with van der Waals surface area (Å²) < 4.78 is 0. The number of carbonyl (C=O) groups is 3. The SMILES string of the molecule is CC(=O)NCC(=O)NCC(=O)N(C)[C@H](c1ccccc1C)C(C)C. The van der Waals surface area contributed by atoms with Gasteiger partial charge in [-0.25, -0.2) is 0 Å². The lowest BCUT2D eigenvalue weighted by molar-refractivity contribution is -0.134. The molecule has 2 N–H and O–H groups in total. The van der Waals surface area contributed by atoms with E-state index < -0.39 is 0 Å². The molecule has 1 aromatic carbocycles. The fraction of sp³-hybridized carbons (Fsp3) is 0.500. The predicted octanol–water partition coefficient (Wildman–Crippen LogP) is 1.40. The molecule has 0 unspecified atom stereocenters. The van der Waals surface area contributed by atoms with Gasteiger partial charge in [-0.2, -0.15) is 0 Å². The van der Waals surface area contributed by atoms with E-state index in [-0.39, 0.29) is 42.8 Å². The van der Waals surface area contributed by atoms with Crippen molar-refractivity contribution in [1.82, 2.24) is 15.5 Å². The Kier molecular flexibility index (Phi) is 7.42. The molecular weight excluding hydrogens is 306 g/mol. The molecule has 0 aromatic heterocycles. The number of nitrogens with zero attached hydrogens (tertiary/aromatic N) is 1. The van der Waals surface area contributed by atoms with Crippen LogP contribution in [0.1, 0.15) is 37.9 Å². The second-order valence-corrected chi connectivity index (χ2v) is 6.24. The van der Waals surface area contributed by atoms with E-state index in [0.29, 0.717) is 0 Å². The van der Waals surface area contributed by atoms with Crippen molar-refractivity contribution < 1.29 is 14.4 Å². The minimum atomic E-state index is -0.385. The van der Waals surface area contributed by atoms with Crippen LogP contribution in [-0.4, -0.2) is 42.8 Å². The average Bonchev–Trinajstić information content (AvgIpc) is 2.52. The third-order valence-electron chi connectivity index (χ3n) is 3.88. The Bertz CT molecular complexity index is 599. The summed E-state index contributed by atoms with van der Waals surface area (Å²) in [6.07, 6.45) is 0. The molecule has 0 aliphatic heterocycles. The van der Waals surface area contributed by atoms with Gasteiger partial charge in [0.1, 0.15) is 0 Å². The molecule has 6 heteroatoms. The van der Waals surface area contributed by atoms with E-state index >= 15 is 0 Å². The number of aryl methyl sites for hydroxylation is 1. The van der Waals surface area contributed by atoms with Crippen LogP contribution in [0.3, 0.4) is 0 Å². The molecule has 0 spiro atoms. The van der Waals surface area contributed by atoms with Gasteiger partial charge in [0, 0.05) is 14.0 Å². The molecule has 0 saturated heterocycles. The molecule has 0 radical (unpaired) electrons. The third kappa shape index (κ3) is 5.68. The molecule has 0 heterocycles. The summed E-state index contributed by atoms with van der Waals surface area (Å²) in [6, 6.07) is 7.93. The van der Waals surface area contributed by atoms with Gasteiger partial charge in [-0.1, -0.05) is 38.1 Å². The van der Waals surface area contributed by atoms with Gasteiger partial charge < -0.3 is 15.5 Å². The minimum absolute atomic E-state index is 0.0639. The highest BCUT2D eigenvalue weighted by molar-refractivity contribution is 5.87. The van der Waals surface area contributed by atoms with Crippen molar-refractivity contribution >= 4 is 17.7 Å². The number of hydrogen-bond donors (Lipinski definition) is 2. The number of hydrogen-bond acceptors (Lipinski definition) is 3. The Morgan fingerprint density at radius 2 is 1.71 bits per heavy atom. The summed E-state index contributed by atoms with van der Waals surface area (Å²) in [5, 5.41) is 4.93. The van der Waals surface area contributed by atoms with Crippen LogP contribution in [0.25, 0.3) is 0 Å². The summed E-state index contributed by atoms with van der Waals surface area (Å²) >= 11 is 0. The van der Waals surface area contributed by atoms with Gasteiger partial charge in [-0.05, 0) is 24.0 Å². The molecule has 6 nitrogen and oxygen atoms in total. The lowest BCUT2D eigenvalue weighted by Gasteiger charge is -2.33. The van der Waals surface area contributed by atoms with Crippen LogP contribution in [0, 0.1) is 12.8 Å². The molecule has 0 aliphatic rings. The van der Waals surface area contributed by atoms with E-state index in [4.69, 9.17) is 0 Å². The number of amides is 3. The Hall–Kier alpha value is -2.37. The van der Waals surface area contributed by atoms with Gasteiger partial charge in [-0.15, -0.1) is 0 Å². The minimum Gasteiger partial charge on any atom is -0.347 e. The van der Waals surface area contributed by atoms with E-state index in [1.54, 1.807) is 11.9 Å². The van der Waals surface area contributed by atoms with Crippen molar-refractivity contribution in [2.24, 2.45) is 5.92 Å². The molecule has 24 heavy (non-hydrogen) atoms. The maximum Gasteiger partial charge on any atom is 0.242 e. The quantitative estimate of drug-likeness (QED) is 0.792. The largest absolute Gasteiger partial charge is 0.347 e. The zero-order valence-electron chi connectivity index (χ0n) is 15.1. The highest BCUT2D eigenvalue weighted by Gasteiger charge is 2.25. The van der Waals surface area contributed by atoms with Crippen molar-refractivity contribution in [2.75, 3.05) is 20.1 Å². The van der Waals surface area contributed by atoms with E-state index in [9.17, 15) is 14.4 Å². The van der Waals surface area contributed by atoms with Crippen LogP contribution >= 0.6 is 0 Å². The van der Waals surface area contributed by atoms with Gasteiger partial charge >= 0.3 is 0 Å². The molecule has 1 rings (SSSR count). The normalized spacial score (nSPS) is 11.8. The van der Waals surface area contributed by atoms with Crippen LogP contribution < -0.4 is 10.6 Å². The number of benzene rings is 1. The van der Waals surface area contributed by atoms with Crippen molar-refractivity contribution in [3.63, 3.8) is 0 Å². The maximum absolute atomic E-state index is 12.4. The van der Waals surface area contributed by atoms with E-state index in [2.05, 4.69) is 24.5 Å². The molecule has 132 valence electrons. The third-order valence-corrected chi connectivity index (χ3v) is 3.88. The van der Waals surface area contributed by atoms with Crippen LogP contribution in [0.15, 0.2) is 24.3 Å². The number of rotatable bonds is 7. The Morgan fingerprint density at radius 3 is 2.25 bits per heavy atom. The smallest absolute Gasteiger partial charge is 0.242 e. The first-order chi connectivity index (χ1) is 11.2. The van der Waals surface area contributed by atoms with Crippen LogP contribution in [0.2, 0.25) is 0 Å². The molecule has 1 aromatic rings. The standard InChI is InChI=1S/C18H27N3O3/c1-12(2)18(15-9-7-6-8-13(15)3)21(5)17(24)11-20-16(23)10-19-14(4)22/h6-9,12,18H,10-11H2,1-5H3,(H,19,22)(H,20,23)/t18-/m0/s1. The Balaban J connectivity index is 2.72. The van der Waals surface area contributed by atoms with Gasteiger partial charge in [-0.3, -0.25) is 14.4 Å². The van der Waals surface area contributed by atoms with E-state index in [0.717, 1.165) is 11.1 Å². The fourth-order valence-electron chi connectivity index (χ4n) is 2.65. The van der Waals surface area contributed by atoms with E-state index in [1.807, 2.05) is 31.2 Å². The molecule has 0 saturated carbocycles. The average molecular weight is 333 g/mol. The highest BCUT2D eigenvalue weighted by atomic mass is 16.2. The zero-order valence-corrected chi connectivity index (χ0v) is 15.1. The van der Waals surface area contributed by atoms with Crippen molar-refractivity contribution in [1.29, 1.82) is 0 Å². The topological polar surface area (TPSA) is 78.5 Å². The second-order valence-electron chi connectivity index (χ2n) is 6.24. The lowest BCUT2D eigenvalue weighted by Crippen LogP contribution is -2.44. The Labute approximate surface area is 143 Å². The molecule has 3 amide bonds. The summed E-state index contributed by atoms with van der Waals surface area (Å²) in [5.74, 6) is -0.611. The number of nitrogens with one attached hydrogen (secondary N) is 2. The first-order valence-corrected chi connectivity index (χ1v) is 8.06. The van der Waals surface area contributed by atoms with Crippen molar-refractivity contribution in [3.8, 4) is 0 Å². The van der Waals surface area contributed by atoms with E-state index in [1.165, 1.54) is 6.92 Å². The maximum atomic E-state index is 12.4. The first kappa shape index (κ1) is 19.7. The predicted molar refractivity (Wildman–Crippen MR) is 93.2 cm³/mol. The van der Waals surface area contributed by atoms with Crippen molar-refractivity contribution in [2.45, 2.75) is 33.7 Å². The summed E-state index contributed by atoms with van der Waals surface area (Å²) in [5.41, 5.74) is 2.23. The molecular formula is C18H27N3O3. The van der Waals surface area contributed by atoms with Crippen LogP contribution in [-0.2, 0) is 14.4 Å².